The quantitative estimate of drug-likeness (QED) is 0.738. The summed E-state index contributed by atoms with van der Waals surface area (Å²) in [6, 6.07) is 9.62. The molecule has 0 heterocycles. The van der Waals surface area contributed by atoms with E-state index >= 15 is 0 Å². The summed E-state index contributed by atoms with van der Waals surface area (Å²) in [5.74, 6) is -1.61. The van der Waals surface area contributed by atoms with Crippen LogP contribution in [0.15, 0.2) is 49.1 Å². The van der Waals surface area contributed by atoms with Gasteiger partial charge in [-0.3, -0.25) is 0 Å². The molecule has 21 heavy (non-hydrogen) atoms. The highest BCUT2D eigenvalue weighted by Gasteiger charge is 2.14. The van der Waals surface area contributed by atoms with Crippen molar-refractivity contribution in [3.63, 3.8) is 0 Å². The molecule has 0 saturated carbocycles. The summed E-state index contributed by atoms with van der Waals surface area (Å²) < 4.78 is 14.7. The Balaban J connectivity index is 2.40. The molecule has 0 aliphatic rings. The minimum Gasteiger partial charge on any atom is -0.478 e. The van der Waals surface area contributed by atoms with Gasteiger partial charge in [0.2, 0.25) is 0 Å². The van der Waals surface area contributed by atoms with Crippen molar-refractivity contribution in [3.8, 4) is 6.07 Å². The van der Waals surface area contributed by atoms with Crippen LogP contribution in [0.25, 0.3) is 0 Å². The van der Waals surface area contributed by atoms with Gasteiger partial charge in [-0.15, -0.1) is 0 Å². The van der Waals surface area contributed by atoms with Gasteiger partial charge >= 0.3 is 5.97 Å². The normalized spacial score (nSPS) is 10.2. The number of nitriles is 1. The SMILES string of the molecule is N#Cc1ccc(Sc2ccc(Br)c(C(=O)O)c2)c(F)c1Br. The van der Waals surface area contributed by atoms with Crippen LogP contribution in [0, 0.1) is 17.1 Å². The van der Waals surface area contributed by atoms with Gasteiger partial charge in [-0.25, -0.2) is 9.18 Å². The van der Waals surface area contributed by atoms with Crippen molar-refractivity contribution in [2.75, 3.05) is 0 Å². The highest BCUT2D eigenvalue weighted by molar-refractivity contribution is 9.10. The first-order chi connectivity index (χ1) is 9.93. The lowest BCUT2D eigenvalue weighted by Gasteiger charge is -2.07. The van der Waals surface area contributed by atoms with Gasteiger partial charge < -0.3 is 5.11 Å². The number of nitrogens with zero attached hydrogens (tertiary/aromatic N) is 1. The molecular formula is C14H6Br2FNO2S. The highest BCUT2D eigenvalue weighted by Crippen LogP contribution is 2.35. The predicted octanol–water partition coefficient (Wildman–Crippen LogP) is 5.07. The molecule has 2 aromatic rings. The predicted molar refractivity (Wildman–Crippen MR) is 84.0 cm³/mol. The van der Waals surface area contributed by atoms with Crippen molar-refractivity contribution in [2.45, 2.75) is 9.79 Å². The Bertz CT molecular complexity index is 774. The van der Waals surface area contributed by atoms with Crippen LogP contribution in [-0.2, 0) is 0 Å². The molecule has 0 saturated heterocycles. The maximum atomic E-state index is 14.1. The van der Waals surface area contributed by atoms with Crippen LogP contribution in [0.3, 0.4) is 0 Å². The number of halogens is 3. The molecule has 2 rings (SSSR count). The maximum Gasteiger partial charge on any atom is 0.336 e. The van der Waals surface area contributed by atoms with E-state index in [1.165, 1.54) is 18.2 Å². The molecule has 0 fully saturated rings. The third kappa shape index (κ3) is 3.46. The summed E-state index contributed by atoms with van der Waals surface area (Å²) in [6.07, 6.45) is 0. The standard InChI is InChI=1S/C14H6Br2FNO2S/c15-10-3-2-8(5-9(10)14(19)20)21-11-4-1-7(6-18)12(16)13(11)17/h1-5H,(H,19,20). The molecule has 0 aromatic heterocycles. The van der Waals surface area contributed by atoms with Crippen LogP contribution in [0.4, 0.5) is 4.39 Å². The number of carboxylic acid groups (broad SMARTS) is 1. The molecule has 0 atom stereocenters. The first kappa shape index (κ1) is 16.0. The van der Waals surface area contributed by atoms with Crippen molar-refractivity contribution in [2.24, 2.45) is 0 Å². The highest BCUT2D eigenvalue weighted by atomic mass is 79.9. The van der Waals surface area contributed by atoms with E-state index in [9.17, 15) is 9.18 Å². The average Bonchev–Trinajstić information content (AvgIpc) is 2.46. The minimum absolute atomic E-state index is 0.102. The summed E-state index contributed by atoms with van der Waals surface area (Å²) in [7, 11) is 0. The zero-order chi connectivity index (χ0) is 15.6. The smallest absolute Gasteiger partial charge is 0.336 e. The molecule has 0 aliphatic heterocycles. The summed E-state index contributed by atoms with van der Waals surface area (Å²) in [5.41, 5.74) is 0.312. The zero-order valence-corrected chi connectivity index (χ0v) is 14.2. The molecule has 0 bridgehead atoms. The molecule has 0 unspecified atom stereocenters. The van der Waals surface area contributed by atoms with Crippen molar-refractivity contribution in [1.29, 1.82) is 5.26 Å². The second-order valence-corrected chi connectivity index (χ2v) is 6.66. The molecule has 106 valence electrons. The first-order valence-electron chi connectivity index (χ1n) is 5.53. The fourth-order valence-corrected chi connectivity index (χ4v) is 3.43. The van der Waals surface area contributed by atoms with Crippen molar-refractivity contribution in [1.82, 2.24) is 0 Å². The fourth-order valence-electron chi connectivity index (χ4n) is 1.56. The Kier molecular flexibility index (Phi) is 5.04. The molecule has 0 amide bonds. The van der Waals surface area contributed by atoms with Crippen LogP contribution in [0.2, 0.25) is 0 Å². The molecule has 2 aromatic carbocycles. The van der Waals surface area contributed by atoms with Crippen molar-refractivity contribution >= 4 is 49.6 Å². The van der Waals surface area contributed by atoms with Crippen LogP contribution < -0.4 is 0 Å². The van der Waals surface area contributed by atoms with Crippen LogP contribution >= 0.6 is 43.6 Å². The van der Waals surface area contributed by atoms with Gasteiger partial charge in [-0.1, -0.05) is 11.8 Å². The van der Waals surface area contributed by atoms with E-state index in [4.69, 9.17) is 10.4 Å². The Morgan fingerprint density at radius 2 is 2.00 bits per heavy atom. The Labute approximate surface area is 141 Å². The van der Waals surface area contributed by atoms with Crippen molar-refractivity contribution < 1.29 is 14.3 Å². The third-order valence-corrected chi connectivity index (χ3v) is 5.05. The third-order valence-electron chi connectivity index (χ3n) is 2.56. The lowest BCUT2D eigenvalue weighted by Crippen LogP contribution is -1.97. The summed E-state index contributed by atoms with van der Waals surface area (Å²) >= 11 is 7.28. The Hall–Kier alpha value is -1.36. The second kappa shape index (κ2) is 6.60. The summed E-state index contributed by atoms with van der Waals surface area (Å²) in [5, 5.41) is 17.9. The molecular weight excluding hydrogens is 425 g/mol. The average molecular weight is 431 g/mol. The lowest BCUT2D eigenvalue weighted by molar-refractivity contribution is 0.0695. The van der Waals surface area contributed by atoms with E-state index in [1.807, 2.05) is 6.07 Å². The van der Waals surface area contributed by atoms with E-state index in [0.717, 1.165) is 11.8 Å². The summed E-state index contributed by atoms with van der Waals surface area (Å²) in [6.45, 7) is 0. The minimum atomic E-state index is -1.06. The van der Waals surface area contributed by atoms with Crippen LogP contribution in [0.1, 0.15) is 15.9 Å². The Morgan fingerprint density at radius 3 is 2.62 bits per heavy atom. The molecule has 0 radical (unpaired) electrons. The van der Waals surface area contributed by atoms with E-state index in [1.54, 1.807) is 12.1 Å². The number of carbonyl (C=O) groups is 1. The zero-order valence-electron chi connectivity index (χ0n) is 10.2. The maximum absolute atomic E-state index is 14.1. The van der Waals surface area contributed by atoms with Gasteiger partial charge in [0.05, 0.1) is 15.6 Å². The fraction of sp³-hybridized carbons (Fsp3) is 0. The second-order valence-electron chi connectivity index (χ2n) is 3.90. The van der Waals surface area contributed by atoms with Gasteiger partial charge in [0.1, 0.15) is 6.07 Å². The van der Waals surface area contributed by atoms with E-state index in [0.29, 0.717) is 14.3 Å². The van der Waals surface area contributed by atoms with Gasteiger partial charge in [0, 0.05) is 14.3 Å². The van der Waals surface area contributed by atoms with Gasteiger partial charge in [-0.05, 0) is 62.2 Å². The van der Waals surface area contributed by atoms with Gasteiger partial charge in [0.25, 0.3) is 0 Å². The largest absolute Gasteiger partial charge is 0.478 e. The number of hydrogen-bond donors (Lipinski definition) is 1. The number of hydrogen-bond acceptors (Lipinski definition) is 3. The van der Waals surface area contributed by atoms with Gasteiger partial charge in [-0.2, -0.15) is 5.26 Å². The van der Waals surface area contributed by atoms with Crippen molar-refractivity contribution in [3.05, 3.63) is 56.2 Å². The summed E-state index contributed by atoms with van der Waals surface area (Å²) in [4.78, 5) is 12.0. The lowest BCUT2D eigenvalue weighted by atomic mass is 10.2. The molecule has 1 N–H and O–H groups in total. The van der Waals surface area contributed by atoms with E-state index in [2.05, 4.69) is 31.9 Å². The molecule has 0 spiro atoms. The Morgan fingerprint density at radius 1 is 1.29 bits per heavy atom. The number of rotatable bonds is 3. The number of carboxylic acids is 1. The topological polar surface area (TPSA) is 61.1 Å². The molecule has 7 heteroatoms. The number of aromatic carboxylic acids is 1. The molecule has 0 aliphatic carbocycles. The van der Waals surface area contributed by atoms with E-state index in [-0.39, 0.29) is 15.6 Å². The van der Waals surface area contributed by atoms with E-state index < -0.39 is 11.8 Å². The molecule has 3 nitrogen and oxygen atoms in total. The number of benzene rings is 2. The monoisotopic (exact) mass is 429 g/mol. The van der Waals surface area contributed by atoms with Crippen LogP contribution in [0.5, 0.6) is 0 Å². The first-order valence-corrected chi connectivity index (χ1v) is 7.93. The van der Waals surface area contributed by atoms with Gasteiger partial charge in [0.15, 0.2) is 5.82 Å². The van der Waals surface area contributed by atoms with Crippen LogP contribution in [-0.4, -0.2) is 11.1 Å².